The van der Waals surface area contributed by atoms with Crippen molar-refractivity contribution in [2.45, 2.75) is 45.6 Å². The number of nitrogens with zero attached hydrogens (tertiary/aromatic N) is 2. The minimum absolute atomic E-state index is 0.0672. The van der Waals surface area contributed by atoms with E-state index in [1.807, 2.05) is 24.5 Å². The summed E-state index contributed by atoms with van der Waals surface area (Å²) in [5, 5.41) is 3.06. The van der Waals surface area contributed by atoms with Crippen LogP contribution < -0.4 is 5.32 Å². The number of aryl methyl sites for hydroxylation is 1. The molecule has 0 saturated heterocycles. The van der Waals surface area contributed by atoms with Crippen LogP contribution in [0.1, 0.15) is 43.4 Å². The molecule has 0 unspecified atom stereocenters. The van der Waals surface area contributed by atoms with Gasteiger partial charge in [-0.1, -0.05) is 13.8 Å². The van der Waals surface area contributed by atoms with E-state index in [2.05, 4.69) is 33.7 Å². The minimum atomic E-state index is 0.0672. The van der Waals surface area contributed by atoms with Crippen molar-refractivity contribution in [3.63, 3.8) is 0 Å². The van der Waals surface area contributed by atoms with Gasteiger partial charge >= 0.3 is 0 Å². The van der Waals surface area contributed by atoms with Gasteiger partial charge in [-0.3, -0.25) is 4.79 Å². The number of aromatic amines is 1. The summed E-state index contributed by atoms with van der Waals surface area (Å²) in [5.41, 5.74) is 2.31. The zero-order valence-electron chi connectivity index (χ0n) is 13.3. The Kier molecular flexibility index (Phi) is 4.32. The molecule has 1 aliphatic carbocycles. The molecule has 0 fully saturated rings. The van der Waals surface area contributed by atoms with Crippen molar-refractivity contribution in [2.24, 2.45) is 5.92 Å². The molecular formula is C17H24N4O. The van der Waals surface area contributed by atoms with Gasteiger partial charge in [0.05, 0.1) is 5.69 Å². The van der Waals surface area contributed by atoms with Crippen LogP contribution in [0.3, 0.4) is 0 Å². The average molecular weight is 300 g/mol. The number of aromatic nitrogens is 3. The molecule has 118 valence electrons. The van der Waals surface area contributed by atoms with E-state index in [-0.39, 0.29) is 11.8 Å². The smallest absolute Gasteiger partial charge is 0.223 e. The van der Waals surface area contributed by atoms with Gasteiger partial charge in [-0.25, -0.2) is 4.98 Å². The summed E-state index contributed by atoms with van der Waals surface area (Å²) in [6, 6.07) is 3.99. The summed E-state index contributed by atoms with van der Waals surface area (Å²) >= 11 is 0. The Morgan fingerprint density at radius 1 is 1.45 bits per heavy atom. The Balaban J connectivity index is 1.53. The predicted molar refractivity (Wildman–Crippen MR) is 85.6 cm³/mol. The van der Waals surface area contributed by atoms with Gasteiger partial charge < -0.3 is 14.9 Å². The third-order valence-corrected chi connectivity index (χ3v) is 4.32. The Hall–Kier alpha value is -2.04. The molecule has 0 saturated carbocycles. The molecule has 2 heterocycles. The third kappa shape index (κ3) is 3.24. The second-order valence-electron chi connectivity index (χ2n) is 6.35. The van der Waals surface area contributed by atoms with Crippen LogP contribution >= 0.6 is 0 Å². The summed E-state index contributed by atoms with van der Waals surface area (Å²) < 4.78 is 2.07. The van der Waals surface area contributed by atoms with Gasteiger partial charge in [0.2, 0.25) is 5.91 Å². The lowest BCUT2D eigenvalue weighted by atomic mass is 9.89. The highest BCUT2D eigenvalue weighted by atomic mass is 16.1. The van der Waals surface area contributed by atoms with Gasteiger partial charge in [0.1, 0.15) is 5.82 Å². The van der Waals surface area contributed by atoms with Crippen molar-refractivity contribution in [2.75, 3.05) is 6.54 Å². The van der Waals surface area contributed by atoms with Crippen LogP contribution in [0.4, 0.5) is 0 Å². The van der Waals surface area contributed by atoms with E-state index in [0.717, 1.165) is 43.0 Å². The fraction of sp³-hybridized carbons (Fsp3) is 0.529. The van der Waals surface area contributed by atoms with Crippen LogP contribution in [0.25, 0.3) is 0 Å². The Bertz CT molecular complexity index is 627. The third-order valence-electron chi connectivity index (χ3n) is 4.32. The minimum Gasteiger partial charge on any atom is -0.354 e. The number of amides is 1. The maximum atomic E-state index is 12.3. The predicted octanol–water partition coefficient (Wildman–Crippen LogP) is 2.26. The number of rotatable bonds is 5. The number of carbonyl (C=O) groups excluding carboxylic acids is 1. The number of nitrogens with one attached hydrogen (secondary N) is 2. The summed E-state index contributed by atoms with van der Waals surface area (Å²) in [7, 11) is 0. The van der Waals surface area contributed by atoms with E-state index in [4.69, 9.17) is 0 Å². The molecule has 5 heteroatoms. The normalized spacial score (nSPS) is 17.5. The fourth-order valence-electron chi connectivity index (χ4n) is 2.97. The first kappa shape index (κ1) is 14.9. The number of carbonyl (C=O) groups is 1. The first-order valence-electron chi connectivity index (χ1n) is 8.09. The largest absolute Gasteiger partial charge is 0.354 e. The highest BCUT2D eigenvalue weighted by molar-refractivity contribution is 5.79. The molecule has 2 aromatic heterocycles. The number of H-pyrrole nitrogens is 1. The molecule has 1 aliphatic rings. The number of hydrogen-bond donors (Lipinski definition) is 2. The van der Waals surface area contributed by atoms with Crippen molar-refractivity contribution in [3.05, 3.63) is 41.7 Å². The lowest BCUT2D eigenvalue weighted by molar-refractivity contribution is -0.125. The summed E-state index contributed by atoms with van der Waals surface area (Å²) in [5.74, 6) is 1.68. The van der Waals surface area contributed by atoms with Crippen LogP contribution in [-0.2, 0) is 24.2 Å². The molecule has 1 amide bonds. The van der Waals surface area contributed by atoms with Crippen LogP contribution in [0, 0.1) is 5.92 Å². The SMILES string of the molecule is CC(C)c1nc2c([nH]1)C[C@H](C(=O)NCCn1cccc1)CC2. The first-order chi connectivity index (χ1) is 10.6. The maximum Gasteiger partial charge on any atom is 0.223 e. The molecule has 0 aliphatic heterocycles. The molecular weight excluding hydrogens is 276 g/mol. The molecule has 5 nitrogen and oxygen atoms in total. The summed E-state index contributed by atoms with van der Waals surface area (Å²) in [6.07, 6.45) is 6.59. The van der Waals surface area contributed by atoms with Crippen molar-refractivity contribution in [3.8, 4) is 0 Å². The van der Waals surface area contributed by atoms with E-state index in [9.17, 15) is 4.79 Å². The van der Waals surface area contributed by atoms with E-state index < -0.39 is 0 Å². The van der Waals surface area contributed by atoms with Gasteiger partial charge in [0.15, 0.2) is 0 Å². The van der Waals surface area contributed by atoms with Crippen LogP contribution in [0.15, 0.2) is 24.5 Å². The van der Waals surface area contributed by atoms with E-state index in [1.165, 1.54) is 0 Å². The van der Waals surface area contributed by atoms with Gasteiger partial charge in [-0.05, 0) is 25.0 Å². The summed E-state index contributed by atoms with van der Waals surface area (Å²) in [4.78, 5) is 20.4. The Morgan fingerprint density at radius 3 is 2.95 bits per heavy atom. The molecule has 22 heavy (non-hydrogen) atoms. The van der Waals surface area contributed by atoms with Crippen molar-refractivity contribution >= 4 is 5.91 Å². The molecule has 0 aromatic carbocycles. The molecule has 1 atom stereocenters. The standard InChI is InChI=1S/C17H24N4O/c1-12(2)16-19-14-6-5-13(11-15(14)20-16)17(22)18-7-10-21-8-3-4-9-21/h3-4,8-9,12-13H,5-7,10-11H2,1-2H3,(H,18,22)(H,19,20)/t13-/m1/s1. The molecule has 0 spiro atoms. The summed E-state index contributed by atoms with van der Waals surface area (Å²) in [6.45, 7) is 5.76. The van der Waals surface area contributed by atoms with Gasteiger partial charge in [0.25, 0.3) is 0 Å². The van der Waals surface area contributed by atoms with Gasteiger partial charge in [-0.15, -0.1) is 0 Å². The molecule has 3 rings (SSSR count). The second kappa shape index (κ2) is 6.38. The highest BCUT2D eigenvalue weighted by Gasteiger charge is 2.27. The van der Waals surface area contributed by atoms with E-state index in [0.29, 0.717) is 12.5 Å². The average Bonchev–Trinajstić information content (AvgIpc) is 3.15. The maximum absolute atomic E-state index is 12.3. The number of fused-ring (bicyclic) bond motifs is 1. The monoisotopic (exact) mass is 300 g/mol. The molecule has 2 N–H and O–H groups in total. The van der Waals surface area contributed by atoms with Crippen molar-refractivity contribution in [1.29, 1.82) is 0 Å². The first-order valence-corrected chi connectivity index (χ1v) is 8.09. The van der Waals surface area contributed by atoms with E-state index in [1.54, 1.807) is 0 Å². The fourth-order valence-corrected chi connectivity index (χ4v) is 2.97. The highest BCUT2D eigenvalue weighted by Crippen LogP contribution is 2.25. The van der Waals surface area contributed by atoms with E-state index >= 15 is 0 Å². The number of hydrogen-bond acceptors (Lipinski definition) is 2. The molecule has 0 bridgehead atoms. The van der Waals surface area contributed by atoms with Crippen molar-refractivity contribution in [1.82, 2.24) is 19.9 Å². The molecule has 0 radical (unpaired) electrons. The lowest BCUT2D eigenvalue weighted by Crippen LogP contribution is -2.35. The molecule has 2 aromatic rings. The van der Waals surface area contributed by atoms with Crippen molar-refractivity contribution < 1.29 is 4.79 Å². The Morgan fingerprint density at radius 2 is 2.23 bits per heavy atom. The number of imidazole rings is 1. The lowest BCUT2D eigenvalue weighted by Gasteiger charge is -2.20. The van der Waals surface area contributed by atoms with Crippen LogP contribution in [0.2, 0.25) is 0 Å². The topological polar surface area (TPSA) is 62.7 Å². The van der Waals surface area contributed by atoms with Crippen LogP contribution in [0.5, 0.6) is 0 Å². The zero-order valence-corrected chi connectivity index (χ0v) is 13.3. The van der Waals surface area contributed by atoms with Gasteiger partial charge in [0, 0.05) is 49.4 Å². The second-order valence-corrected chi connectivity index (χ2v) is 6.35. The van der Waals surface area contributed by atoms with Gasteiger partial charge in [-0.2, -0.15) is 0 Å². The van der Waals surface area contributed by atoms with Crippen LogP contribution in [-0.4, -0.2) is 27.0 Å². The Labute approximate surface area is 131 Å². The quantitative estimate of drug-likeness (QED) is 0.889. The zero-order chi connectivity index (χ0) is 15.5.